The molecule has 0 amide bonds. The molecule has 0 unspecified atom stereocenters. The van der Waals surface area contributed by atoms with Gasteiger partial charge in [-0.1, -0.05) is 13.8 Å². The number of aromatic nitrogens is 1. The number of hydrogen-bond acceptors (Lipinski definition) is 3. The lowest BCUT2D eigenvalue weighted by molar-refractivity contribution is 0.594. The number of aryl methyl sites for hydroxylation is 2. The van der Waals surface area contributed by atoms with Crippen LogP contribution in [0.1, 0.15) is 42.8 Å². The van der Waals surface area contributed by atoms with Gasteiger partial charge in [-0.15, -0.1) is 35.3 Å². The summed E-state index contributed by atoms with van der Waals surface area (Å²) >= 11 is 1.79. The SMILES string of the molecule is CCNC(=NCCC(C)C)NCCc1nc(C)c(C)s1.I. The number of nitrogens with zero attached hydrogens (tertiary/aromatic N) is 2. The summed E-state index contributed by atoms with van der Waals surface area (Å²) in [5.41, 5.74) is 1.16. The predicted octanol–water partition coefficient (Wildman–Crippen LogP) is 3.52. The Hall–Kier alpha value is -0.370. The molecule has 21 heavy (non-hydrogen) atoms. The number of rotatable bonds is 7. The van der Waals surface area contributed by atoms with Crippen molar-refractivity contribution < 1.29 is 0 Å². The van der Waals surface area contributed by atoms with E-state index >= 15 is 0 Å². The maximum Gasteiger partial charge on any atom is 0.191 e. The molecule has 0 bridgehead atoms. The van der Waals surface area contributed by atoms with Gasteiger partial charge in [-0.2, -0.15) is 0 Å². The van der Waals surface area contributed by atoms with E-state index in [1.54, 1.807) is 11.3 Å². The fourth-order valence-corrected chi connectivity index (χ4v) is 2.64. The maximum atomic E-state index is 4.58. The summed E-state index contributed by atoms with van der Waals surface area (Å²) in [6.45, 7) is 13.4. The molecule has 0 saturated carbocycles. The van der Waals surface area contributed by atoms with Crippen molar-refractivity contribution in [1.29, 1.82) is 0 Å². The Morgan fingerprint density at radius 2 is 2.00 bits per heavy atom. The zero-order valence-corrected chi connectivity index (χ0v) is 17.0. The summed E-state index contributed by atoms with van der Waals surface area (Å²) in [5.74, 6) is 1.61. The number of thiazole rings is 1. The normalized spacial score (nSPS) is 11.4. The van der Waals surface area contributed by atoms with Gasteiger partial charge in [0.15, 0.2) is 5.96 Å². The van der Waals surface area contributed by atoms with Gasteiger partial charge < -0.3 is 10.6 Å². The van der Waals surface area contributed by atoms with E-state index in [0.717, 1.165) is 44.1 Å². The lowest BCUT2D eigenvalue weighted by Crippen LogP contribution is -2.38. The third-order valence-corrected chi connectivity index (χ3v) is 4.16. The number of halogens is 1. The number of hydrogen-bond donors (Lipinski definition) is 2. The molecule has 6 heteroatoms. The fourth-order valence-electron chi connectivity index (χ4n) is 1.71. The third kappa shape index (κ3) is 8.60. The average molecular weight is 424 g/mol. The van der Waals surface area contributed by atoms with Gasteiger partial charge in [-0.05, 0) is 33.1 Å². The van der Waals surface area contributed by atoms with Crippen molar-refractivity contribution in [2.24, 2.45) is 10.9 Å². The van der Waals surface area contributed by atoms with Crippen molar-refractivity contribution in [2.75, 3.05) is 19.6 Å². The molecule has 1 heterocycles. The van der Waals surface area contributed by atoms with Crippen LogP contribution in [0.2, 0.25) is 0 Å². The van der Waals surface area contributed by atoms with Crippen molar-refractivity contribution in [2.45, 2.75) is 47.5 Å². The predicted molar refractivity (Wildman–Crippen MR) is 104 cm³/mol. The van der Waals surface area contributed by atoms with Gasteiger partial charge in [0.05, 0.1) is 10.7 Å². The summed E-state index contributed by atoms with van der Waals surface area (Å²) in [6, 6.07) is 0. The van der Waals surface area contributed by atoms with E-state index in [-0.39, 0.29) is 24.0 Å². The highest BCUT2D eigenvalue weighted by atomic mass is 127. The van der Waals surface area contributed by atoms with E-state index in [1.165, 1.54) is 9.88 Å². The molecule has 122 valence electrons. The van der Waals surface area contributed by atoms with Crippen LogP contribution in [0, 0.1) is 19.8 Å². The Morgan fingerprint density at radius 3 is 2.52 bits per heavy atom. The van der Waals surface area contributed by atoms with E-state index in [4.69, 9.17) is 0 Å². The Morgan fingerprint density at radius 1 is 1.29 bits per heavy atom. The average Bonchev–Trinajstić information content (AvgIpc) is 2.68. The topological polar surface area (TPSA) is 49.3 Å². The van der Waals surface area contributed by atoms with Crippen molar-refractivity contribution in [3.05, 3.63) is 15.6 Å². The van der Waals surface area contributed by atoms with E-state index < -0.39 is 0 Å². The standard InChI is InChI=1S/C15H28N4S.HI/c1-6-16-15(17-9-7-11(2)3)18-10-8-14-19-12(4)13(5)20-14;/h11H,6-10H2,1-5H3,(H2,16,17,18);1H. The first-order valence-electron chi connectivity index (χ1n) is 7.48. The minimum absolute atomic E-state index is 0. The minimum atomic E-state index is 0. The molecule has 4 nitrogen and oxygen atoms in total. The molecule has 0 atom stereocenters. The summed E-state index contributed by atoms with van der Waals surface area (Å²) in [7, 11) is 0. The molecule has 0 aliphatic heterocycles. The van der Waals surface area contributed by atoms with Crippen molar-refractivity contribution >= 4 is 41.3 Å². The van der Waals surface area contributed by atoms with Crippen molar-refractivity contribution in [3.63, 3.8) is 0 Å². The minimum Gasteiger partial charge on any atom is -0.357 e. The van der Waals surface area contributed by atoms with Gasteiger partial charge >= 0.3 is 0 Å². The fraction of sp³-hybridized carbons (Fsp3) is 0.733. The summed E-state index contributed by atoms with van der Waals surface area (Å²) in [6.07, 6.45) is 2.08. The van der Waals surface area contributed by atoms with Crippen LogP contribution in [0.5, 0.6) is 0 Å². The highest BCUT2D eigenvalue weighted by Crippen LogP contribution is 2.16. The van der Waals surface area contributed by atoms with E-state index in [9.17, 15) is 0 Å². The van der Waals surface area contributed by atoms with Crippen LogP contribution in [0.25, 0.3) is 0 Å². The van der Waals surface area contributed by atoms with E-state index in [0.29, 0.717) is 5.92 Å². The number of guanidine groups is 1. The second kappa shape index (κ2) is 11.2. The maximum absolute atomic E-state index is 4.58. The van der Waals surface area contributed by atoms with Gasteiger partial charge in [-0.25, -0.2) is 4.98 Å². The first-order chi connectivity index (χ1) is 9.52. The molecule has 0 aromatic carbocycles. The smallest absolute Gasteiger partial charge is 0.191 e. The second-order valence-electron chi connectivity index (χ2n) is 5.37. The van der Waals surface area contributed by atoms with Gasteiger partial charge in [0.2, 0.25) is 0 Å². The monoisotopic (exact) mass is 424 g/mol. The van der Waals surface area contributed by atoms with E-state index in [2.05, 4.69) is 55.2 Å². The zero-order valence-electron chi connectivity index (χ0n) is 13.8. The van der Waals surface area contributed by atoms with Gasteiger partial charge in [-0.3, -0.25) is 4.99 Å². The molecule has 0 aliphatic rings. The highest BCUT2D eigenvalue weighted by Gasteiger charge is 2.04. The molecular formula is C15H29IN4S. The molecular weight excluding hydrogens is 395 g/mol. The molecule has 1 aromatic heterocycles. The quantitative estimate of drug-likeness (QED) is 0.400. The van der Waals surface area contributed by atoms with Crippen molar-refractivity contribution in [3.8, 4) is 0 Å². The van der Waals surface area contributed by atoms with Crippen molar-refractivity contribution in [1.82, 2.24) is 15.6 Å². The molecule has 0 radical (unpaired) electrons. The first kappa shape index (κ1) is 20.6. The Balaban J connectivity index is 0.00000400. The van der Waals surface area contributed by atoms with Gasteiger partial charge in [0, 0.05) is 30.9 Å². The van der Waals surface area contributed by atoms with Crippen LogP contribution in [-0.4, -0.2) is 30.6 Å². The highest BCUT2D eigenvalue weighted by molar-refractivity contribution is 14.0. The molecule has 1 rings (SSSR count). The van der Waals surface area contributed by atoms with Gasteiger partial charge in [0.1, 0.15) is 0 Å². The molecule has 0 saturated heterocycles. The molecule has 0 aliphatic carbocycles. The zero-order chi connectivity index (χ0) is 15.0. The summed E-state index contributed by atoms with van der Waals surface area (Å²) in [4.78, 5) is 10.5. The first-order valence-corrected chi connectivity index (χ1v) is 8.29. The Labute approximate surface area is 150 Å². The molecule has 2 N–H and O–H groups in total. The molecule has 1 aromatic rings. The molecule has 0 fully saturated rings. The third-order valence-electron chi connectivity index (χ3n) is 3.02. The second-order valence-corrected chi connectivity index (χ2v) is 6.66. The lowest BCUT2D eigenvalue weighted by atomic mass is 10.1. The summed E-state index contributed by atoms with van der Waals surface area (Å²) in [5, 5.41) is 7.86. The van der Waals surface area contributed by atoms with Crippen LogP contribution < -0.4 is 10.6 Å². The van der Waals surface area contributed by atoms with Crippen LogP contribution in [0.4, 0.5) is 0 Å². The largest absolute Gasteiger partial charge is 0.357 e. The summed E-state index contributed by atoms with van der Waals surface area (Å²) < 4.78 is 0. The number of nitrogens with one attached hydrogen (secondary N) is 2. The Bertz CT molecular complexity index is 410. The van der Waals surface area contributed by atoms with Crippen LogP contribution in [0.3, 0.4) is 0 Å². The Kier molecular flexibility index (Phi) is 11.0. The molecule has 0 spiro atoms. The van der Waals surface area contributed by atoms with Crippen LogP contribution >= 0.6 is 35.3 Å². The van der Waals surface area contributed by atoms with E-state index in [1.807, 2.05) is 0 Å². The number of aliphatic imine (C=N–C) groups is 1. The van der Waals surface area contributed by atoms with Gasteiger partial charge in [0.25, 0.3) is 0 Å². The van der Waals surface area contributed by atoms with Crippen LogP contribution in [0.15, 0.2) is 4.99 Å². The lowest BCUT2D eigenvalue weighted by Gasteiger charge is -2.11. The van der Waals surface area contributed by atoms with Crippen LogP contribution in [-0.2, 0) is 6.42 Å².